The van der Waals surface area contributed by atoms with Crippen LogP contribution in [-0.2, 0) is 28.7 Å². The fraction of sp³-hybridized carbons (Fsp3) is 0.400. The van der Waals surface area contributed by atoms with E-state index in [1.54, 1.807) is 37.3 Å². The van der Waals surface area contributed by atoms with Crippen molar-refractivity contribution in [3.63, 3.8) is 0 Å². The first-order valence-electron chi connectivity index (χ1n) is 9.40. The first-order valence-corrected chi connectivity index (χ1v) is 11.6. The van der Waals surface area contributed by atoms with Gasteiger partial charge in [0.15, 0.2) is 0 Å². The van der Waals surface area contributed by atoms with Crippen molar-refractivity contribution < 1.29 is 28.7 Å². The number of benzene rings is 1. The molecule has 0 bridgehead atoms. The van der Waals surface area contributed by atoms with Crippen LogP contribution in [0.4, 0.5) is 0 Å². The molecule has 1 aromatic carbocycles. The highest BCUT2D eigenvalue weighted by molar-refractivity contribution is 8.00. The van der Waals surface area contributed by atoms with Gasteiger partial charge in [0.2, 0.25) is 9.90 Å². The normalized spacial score (nSPS) is 21.3. The van der Waals surface area contributed by atoms with Gasteiger partial charge >= 0.3 is 11.9 Å². The van der Waals surface area contributed by atoms with Crippen molar-refractivity contribution in [2.24, 2.45) is 0 Å². The van der Waals surface area contributed by atoms with Gasteiger partial charge in [-0.2, -0.15) is 0 Å². The zero-order chi connectivity index (χ0) is 23.6. The van der Waals surface area contributed by atoms with Gasteiger partial charge < -0.3 is 14.8 Å². The summed E-state index contributed by atoms with van der Waals surface area (Å²) >= 11 is 18.3. The molecule has 0 aliphatic carbocycles. The average molecular weight is 522 g/mol. The Labute approximate surface area is 203 Å². The zero-order valence-electron chi connectivity index (χ0n) is 17.0. The number of carbonyl (C=O) groups excluding carboxylic acids is 4. The largest absolute Gasteiger partial charge is 0.456 e. The number of thioether (sulfide) groups is 1. The van der Waals surface area contributed by atoms with Crippen molar-refractivity contribution in [3.8, 4) is 0 Å². The minimum absolute atomic E-state index is 0.0677. The monoisotopic (exact) mass is 520 g/mol. The van der Waals surface area contributed by atoms with Gasteiger partial charge in [-0.05, 0) is 12.5 Å². The van der Waals surface area contributed by atoms with E-state index in [0.717, 1.165) is 0 Å². The van der Waals surface area contributed by atoms with E-state index in [1.165, 1.54) is 23.6 Å². The second kappa shape index (κ2) is 9.91. The van der Waals surface area contributed by atoms with E-state index in [4.69, 9.17) is 44.3 Å². The number of hydrogen-bond donors (Lipinski definition) is 1. The predicted octanol–water partition coefficient (Wildman–Crippen LogP) is 2.88. The van der Waals surface area contributed by atoms with Crippen molar-refractivity contribution in [2.45, 2.75) is 35.2 Å². The van der Waals surface area contributed by atoms with E-state index in [9.17, 15) is 19.2 Å². The van der Waals surface area contributed by atoms with E-state index in [1.807, 2.05) is 0 Å². The van der Waals surface area contributed by atoms with Crippen molar-refractivity contribution in [1.82, 2.24) is 10.2 Å². The number of fused-ring (bicyclic) bond motifs is 1. The minimum Gasteiger partial charge on any atom is -0.456 e. The van der Waals surface area contributed by atoms with Crippen molar-refractivity contribution in [3.05, 3.63) is 47.2 Å². The first-order chi connectivity index (χ1) is 15.0. The van der Waals surface area contributed by atoms with Gasteiger partial charge in [-0.25, -0.2) is 4.79 Å². The molecule has 0 radical (unpaired) electrons. The summed E-state index contributed by atoms with van der Waals surface area (Å²) in [7, 11) is 0. The maximum Gasteiger partial charge on any atom is 0.355 e. The van der Waals surface area contributed by atoms with E-state index in [-0.39, 0.29) is 5.70 Å². The molecular formula is C20H19Cl3N2O6S. The van der Waals surface area contributed by atoms with E-state index < -0.39 is 51.7 Å². The molecule has 0 spiro atoms. The molecule has 32 heavy (non-hydrogen) atoms. The van der Waals surface area contributed by atoms with Gasteiger partial charge in [0.1, 0.15) is 23.7 Å². The molecule has 1 saturated heterocycles. The van der Waals surface area contributed by atoms with E-state index in [0.29, 0.717) is 16.9 Å². The molecule has 3 rings (SSSR count). The Balaban J connectivity index is 1.73. The number of hydrogen-bond acceptors (Lipinski definition) is 7. The lowest BCUT2D eigenvalue weighted by molar-refractivity contribution is -0.158. The zero-order valence-corrected chi connectivity index (χ0v) is 20.1. The number of β-lactam (4-membered cyclic amide) rings is 1. The fourth-order valence-corrected chi connectivity index (χ4v) is 4.73. The molecule has 3 atom stereocenters. The average Bonchev–Trinajstić information content (AvgIpc) is 2.73. The molecule has 8 nitrogen and oxygen atoms in total. The van der Waals surface area contributed by atoms with E-state index in [2.05, 4.69) is 5.32 Å². The highest BCUT2D eigenvalue weighted by Crippen LogP contribution is 2.41. The Morgan fingerprint density at radius 1 is 1.25 bits per heavy atom. The summed E-state index contributed by atoms with van der Waals surface area (Å²) in [5, 5.41) is 2.11. The Hall–Kier alpha value is -1.94. The van der Waals surface area contributed by atoms with Gasteiger partial charge in [0.25, 0.3) is 11.8 Å². The number of esters is 2. The third-order valence-corrected chi connectivity index (χ3v) is 6.39. The van der Waals surface area contributed by atoms with Gasteiger partial charge in [0.05, 0.1) is 0 Å². The Morgan fingerprint density at radius 3 is 2.50 bits per heavy atom. The summed E-state index contributed by atoms with van der Waals surface area (Å²) < 4.78 is 8.42. The molecule has 1 N–H and O–H groups in total. The molecular weight excluding hydrogens is 503 g/mol. The Bertz CT molecular complexity index is 966. The maximum absolute atomic E-state index is 12.9. The maximum atomic E-state index is 12.9. The SMILES string of the molecule is CC(=O)OC(C(=O)NC1C(=O)N2C(C(=O)OCC(Cl)(Cl)Cl)=C(C)CS[C@@H]12)c1ccccc1. The Kier molecular flexibility index (Phi) is 7.65. The molecule has 172 valence electrons. The third kappa shape index (κ3) is 5.51. The number of nitrogens with zero attached hydrogens (tertiary/aromatic N) is 1. The number of ether oxygens (including phenoxy) is 2. The number of nitrogens with one attached hydrogen (secondary N) is 1. The summed E-state index contributed by atoms with van der Waals surface area (Å²) in [6.07, 6.45) is -1.21. The van der Waals surface area contributed by atoms with E-state index >= 15 is 0 Å². The number of carbonyl (C=O) groups is 4. The van der Waals surface area contributed by atoms with Gasteiger partial charge in [0, 0.05) is 18.2 Å². The van der Waals surface area contributed by atoms with Crippen molar-refractivity contribution in [1.29, 1.82) is 0 Å². The highest BCUT2D eigenvalue weighted by Gasteiger charge is 2.54. The second-order valence-electron chi connectivity index (χ2n) is 7.12. The van der Waals surface area contributed by atoms with Gasteiger partial charge in [-0.1, -0.05) is 65.1 Å². The summed E-state index contributed by atoms with van der Waals surface area (Å²) in [4.78, 5) is 51.0. The summed E-state index contributed by atoms with van der Waals surface area (Å²) in [5.41, 5.74) is 1.16. The molecule has 2 unspecified atom stereocenters. The lowest BCUT2D eigenvalue weighted by atomic mass is 10.0. The van der Waals surface area contributed by atoms with Crippen LogP contribution in [0.25, 0.3) is 0 Å². The number of halogens is 3. The topological polar surface area (TPSA) is 102 Å². The molecule has 2 heterocycles. The quantitative estimate of drug-likeness (QED) is 0.349. The standard InChI is InChI=1S/C20H19Cl3N2O6S/c1-10-8-32-18-13(17(28)25(18)14(10)19(29)30-9-20(21,22)23)24-16(27)15(31-11(2)26)12-6-4-3-5-7-12/h3-7,13,15,18H,8-9H2,1-2H3,(H,24,27)/t13?,15?,18-/m0/s1. The van der Waals surface area contributed by atoms with Crippen LogP contribution in [0.2, 0.25) is 0 Å². The molecule has 2 amide bonds. The molecule has 0 aromatic heterocycles. The minimum atomic E-state index is -1.79. The summed E-state index contributed by atoms with van der Waals surface area (Å²) in [5.74, 6) is -2.13. The Morgan fingerprint density at radius 2 is 1.91 bits per heavy atom. The lowest BCUT2D eigenvalue weighted by Crippen LogP contribution is -2.71. The smallest absolute Gasteiger partial charge is 0.355 e. The number of amides is 2. The number of rotatable bonds is 6. The fourth-order valence-electron chi connectivity index (χ4n) is 3.27. The van der Waals surface area contributed by atoms with Crippen LogP contribution in [0.3, 0.4) is 0 Å². The van der Waals surface area contributed by atoms with Crippen LogP contribution < -0.4 is 5.32 Å². The highest BCUT2D eigenvalue weighted by atomic mass is 35.6. The van der Waals surface area contributed by atoms with Gasteiger partial charge in [-0.15, -0.1) is 11.8 Å². The van der Waals surface area contributed by atoms with Crippen LogP contribution in [0.5, 0.6) is 0 Å². The summed E-state index contributed by atoms with van der Waals surface area (Å²) in [6, 6.07) is 7.54. The van der Waals surface area contributed by atoms with Crippen LogP contribution in [-0.4, -0.2) is 56.2 Å². The first kappa shape index (κ1) is 24.7. The molecule has 2 aliphatic heterocycles. The van der Waals surface area contributed by atoms with Crippen LogP contribution in [0.15, 0.2) is 41.6 Å². The molecule has 1 aromatic rings. The van der Waals surface area contributed by atoms with Crippen LogP contribution >= 0.6 is 46.6 Å². The molecule has 12 heteroatoms. The van der Waals surface area contributed by atoms with Crippen molar-refractivity contribution in [2.75, 3.05) is 12.4 Å². The third-order valence-electron chi connectivity index (χ3n) is 4.64. The van der Waals surface area contributed by atoms with Crippen LogP contribution in [0, 0.1) is 0 Å². The van der Waals surface area contributed by atoms with Gasteiger partial charge in [-0.3, -0.25) is 19.3 Å². The molecule has 2 aliphatic rings. The molecule has 1 fully saturated rings. The number of alkyl halides is 3. The lowest BCUT2D eigenvalue weighted by Gasteiger charge is -2.49. The summed E-state index contributed by atoms with van der Waals surface area (Å²) in [6.45, 7) is 2.41. The van der Waals surface area contributed by atoms with Crippen LogP contribution in [0.1, 0.15) is 25.5 Å². The second-order valence-corrected chi connectivity index (χ2v) is 10.7. The van der Waals surface area contributed by atoms with Crippen molar-refractivity contribution >= 4 is 70.3 Å². The molecule has 0 saturated carbocycles. The predicted molar refractivity (Wildman–Crippen MR) is 120 cm³/mol.